The number of nitrogens with one attached hydrogen (secondary N) is 1. The summed E-state index contributed by atoms with van der Waals surface area (Å²) in [4.78, 5) is 13.7. The minimum absolute atomic E-state index is 0.0804. The minimum Gasteiger partial charge on any atom is -0.360 e. The number of nitrogens with zero attached hydrogens (tertiary/aromatic N) is 2. The number of aryl methyl sites for hydroxylation is 1. The summed E-state index contributed by atoms with van der Waals surface area (Å²) in [6.07, 6.45) is 0.401. The van der Waals surface area contributed by atoms with E-state index in [-0.39, 0.29) is 5.91 Å². The zero-order valence-corrected chi connectivity index (χ0v) is 13.1. The van der Waals surface area contributed by atoms with Crippen LogP contribution < -0.4 is 5.32 Å². The van der Waals surface area contributed by atoms with Crippen molar-refractivity contribution in [1.29, 1.82) is 0 Å². The van der Waals surface area contributed by atoms with Crippen LogP contribution in [0.2, 0.25) is 0 Å². The number of hydrogen-bond donors (Lipinski definition) is 1. The van der Waals surface area contributed by atoms with Gasteiger partial charge in [-0.1, -0.05) is 29.1 Å². The van der Waals surface area contributed by atoms with Gasteiger partial charge in [-0.25, -0.2) is 0 Å². The van der Waals surface area contributed by atoms with Crippen LogP contribution in [0.4, 0.5) is 5.82 Å². The Labute approximate surface area is 123 Å². The second-order valence-corrected chi connectivity index (χ2v) is 5.64. The van der Waals surface area contributed by atoms with Crippen molar-refractivity contribution in [3.05, 3.63) is 11.8 Å². The second-order valence-electron chi connectivity index (χ2n) is 3.91. The third-order valence-electron chi connectivity index (χ3n) is 2.47. The molecule has 106 valence electrons. The number of carbonyl (C=O) groups excluding carboxylic acids is 1. The first-order chi connectivity index (χ1) is 9.06. The topological polar surface area (TPSA) is 58.4 Å². The monoisotopic (exact) mass is 301 g/mol. The summed E-state index contributed by atoms with van der Waals surface area (Å²) in [5.41, 5.74) is 0. The van der Waals surface area contributed by atoms with E-state index in [2.05, 4.69) is 29.2 Å². The lowest BCUT2D eigenvalue weighted by Crippen LogP contribution is -2.27. The number of aromatic nitrogens is 1. The van der Waals surface area contributed by atoms with Gasteiger partial charge in [-0.3, -0.25) is 4.79 Å². The predicted molar refractivity (Wildman–Crippen MR) is 82.5 cm³/mol. The maximum Gasteiger partial charge on any atom is 0.226 e. The van der Waals surface area contributed by atoms with Crippen LogP contribution in [0.5, 0.6) is 0 Å². The minimum atomic E-state index is -0.0804. The highest BCUT2D eigenvalue weighted by Crippen LogP contribution is 2.12. The molecule has 0 radical (unpaired) electrons. The van der Waals surface area contributed by atoms with Gasteiger partial charge in [0.2, 0.25) is 5.91 Å². The zero-order chi connectivity index (χ0) is 14.3. The van der Waals surface area contributed by atoms with E-state index in [1.807, 2.05) is 0 Å². The molecule has 0 unspecified atom stereocenters. The molecule has 0 atom stereocenters. The number of thioether (sulfide) groups is 1. The van der Waals surface area contributed by atoms with Crippen LogP contribution in [0.3, 0.4) is 0 Å². The number of hydrogen-bond acceptors (Lipinski definition) is 5. The predicted octanol–water partition coefficient (Wildman–Crippen LogP) is 2.67. The molecule has 0 saturated heterocycles. The van der Waals surface area contributed by atoms with Crippen LogP contribution in [0.25, 0.3) is 0 Å². The third kappa shape index (κ3) is 5.61. The van der Waals surface area contributed by atoms with Gasteiger partial charge in [0.25, 0.3) is 0 Å². The Kier molecular flexibility index (Phi) is 6.86. The third-order valence-corrected chi connectivity index (χ3v) is 4.00. The Morgan fingerprint density at radius 3 is 2.74 bits per heavy atom. The van der Waals surface area contributed by atoms with Crippen LogP contribution in [-0.2, 0) is 4.79 Å². The number of carbonyl (C=O) groups is 1. The highest BCUT2D eigenvalue weighted by Gasteiger charge is 2.09. The molecule has 0 aliphatic rings. The van der Waals surface area contributed by atoms with Gasteiger partial charge in [-0.2, -0.15) is 0 Å². The smallest absolute Gasteiger partial charge is 0.226 e. The quantitative estimate of drug-likeness (QED) is 0.815. The van der Waals surface area contributed by atoms with Crippen molar-refractivity contribution in [1.82, 2.24) is 10.1 Å². The van der Waals surface area contributed by atoms with Gasteiger partial charge in [-0.15, -0.1) is 0 Å². The molecule has 0 spiro atoms. The van der Waals surface area contributed by atoms with Gasteiger partial charge in [0.15, 0.2) is 5.82 Å². The molecule has 1 N–H and O–H groups in total. The number of rotatable bonds is 6. The van der Waals surface area contributed by atoms with E-state index < -0.39 is 0 Å². The molecule has 1 rings (SSSR count). The largest absolute Gasteiger partial charge is 0.360 e. The van der Waals surface area contributed by atoms with Crippen molar-refractivity contribution >= 4 is 40.0 Å². The summed E-state index contributed by atoms with van der Waals surface area (Å²) in [6.45, 7) is 7.70. The summed E-state index contributed by atoms with van der Waals surface area (Å²) in [7, 11) is 0. The summed E-state index contributed by atoms with van der Waals surface area (Å²) in [5, 5.41) is 6.39. The highest BCUT2D eigenvalue weighted by molar-refractivity contribution is 8.22. The van der Waals surface area contributed by atoms with Crippen molar-refractivity contribution in [3.8, 4) is 0 Å². The second kappa shape index (κ2) is 8.16. The molecule has 0 bridgehead atoms. The Hall–Kier alpha value is -1.08. The van der Waals surface area contributed by atoms with Gasteiger partial charge in [0, 0.05) is 31.3 Å². The maximum absolute atomic E-state index is 11.6. The molecule has 0 saturated carbocycles. The zero-order valence-electron chi connectivity index (χ0n) is 11.4. The van der Waals surface area contributed by atoms with Crippen molar-refractivity contribution < 1.29 is 9.32 Å². The normalized spacial score (nSPS) is 10.3. The Bertz CT molecular complexity index is 430. The summed E-state index contributed by atoms with van der Waals surface area (Å²) < 4.78 is 5.71. The van der Waals surface area contributed by atoms with E-state index in [1.54, 1.807) is 13.0 Å². The van der Waals surface area contributed by atoms with Crippen molar-refractivity contribution in [2.24, 2.45) is 0 Å². The molecular weight excluding hydrogens is 282 g/mol. The first-order valence-electron chi connectivity index (χ1n) is 6.21. The molecule has 5 nitrogen and oxygen atoms in total. The summed E-state index contributed by atoms with van der Waals surface area (Å²) in [6, 6.07) is 1.69. The number of amides is 1. The summed E-state index contributed by atoms with van der Waals surface area (Å²) in [5.74, 6) is 1.72. The molecule has 1 aromatic heterocycles. The SMILES string of the molecule is CCN(CC)C(=S)SCCC(=O)Nc1cc(C)on1. The molecule has 1 heterocycles. The molecular formula is C12H19N3O2S2. The van der Waals surface area contributed by atoms with E-state index in [0.29, 0.717) is 23.8 Å². The molecule has 1 aromatic rings. The Balaban J connectivity index is 2.25. The number of anilines is 1. The van der Waals surface area contributed by atoms with E-state index in [1.165, 1.54) is 11.8 Å². The van der Waals surface area contributed by atoms with Crippen LogP contribution in [0, 0.1) is 6.92 Å². The van der Waals surface area contributed by atoms with Crippen LogP contribution >= 0.6 is 24.0 Å². The van der Waals surface area contributed by atoms with Gasteiger partial charge in [0.1, 0.15) is 10.1 Å². The van der Waals surface area contributed by atoms with E-state index in [4.69, 9.17) is 16.7 Å². The average molecular weight is 301 g/mol. The Morgan fingerprint density at radius 2 is 2.21 bits per heavy atom. The van der Waals surface area contributed by atoms with E-state index in [9.17, 15) is 4.79 Å². The Morgan fingerprint density at radius 1 is 1.53 bits per heavy atom. The van der Waals surface area contributed by atoms with Crippen LogP contribution in [0.1, 0.15) is 26.0 Å². The highest BCUT2D eigenvalue weighted by atomic mass is 32.2. The van der Waals surface area contributed by atoms with E-state index >= 15 is 0 Å². The standard InChI is InChI=1S/C12H19N3O2S2/c1-4-15(5-2)12(18)19-7-6-11(16)13-10-8-9(3)17-14-10/h8H,4-7H2,1-3H3,(H,13,14,16). The molecule has 0 fully saturated rings. The summed E-state index contributed by atoms with van der Waals surface area (Å²) >= 11 is 6.82. The average Bonchev–Trinajstić information content (AvgIpc) is 2.76. The fourth-order valence-corrected chi connectivity index (χ4v) is 2.85. The first-order valence-corrected chi connectivity index (χ1v) is 7.61. The lowest BCUT2D eigenvalue weighted by atomic mass is 10.4. The van der Waals surface area contributed by atoms with Gasteiger partial charge >= 0.3 is 0 Å². The molecule has 19 heavy (non-hydrogen) atoms. The molecule has 0 aliphatic heterocycles. The van der Waals surface area contributed by atoms with Gasteiger partial charge in [-0.05, 0) is 20.8 Å². The first kappa shape index (κ1) is 16.0. The van der Waals surface area contributed by atoms with Crippen molar-refractivity contribution in [3.63, 3.8) is 0 Å². The van der Waals surface area contributed by atoms with Crippen LogP contribution in [-0.4, -0.2) is 39.1 Å². The van der Waals surface area contributed by atoms with Crippen molar-refractivity contribution in [2.75, 3.05) is 24.2 Å². The van der Waals surface area contributed by atoms with Gasteiger partial charge < -0.3 is 14.7 Å². The fraction of sp³-hybridized carbons (Fsp3) is 0.583. The van der Waals surface area contributed by atoms with Crippen LogP contribution in [0.15, 0.2) is 10.6 Å². The number of thiocarbonyl (C=S) groups is 1. The van der Waals surface area contributed by atoms with Crippen molar-refractivity contribution in [2.45, 2.75) is 27.2 Å². The molecule has 0 aliphatic carbocycles. The fourth-order valence-electron chi connectivity index (χ4n) is 1.43. The maximum atomic E-state index is 11.6. The van der Waals surface area contributed by atoms with E-state index in [0.717, 1.165) is 17.4 Å². The van der Waals surface area contributed by atoms with Gasteiger partial charge in [0.05, 0.1) is 0 Å². The lowest BCUT2D eigenvalue weighted by Gasteiger charge is -2.20. The molecule has 7 heteroatoms. The molecule has 1 amide bonds. The molecule has 0 aromatic carbocycles. The lowest BCUT2D eigenvalue weighted by molar-refractivity contribution is -0.115.